The molecule has 113 valence electrons. The van der Waals surface area contributed by atoms with Gasteiger partial charge >= 0.3 is 6.03 Å². The van der Waals surface area contributed by atoms with E-state index in [0.29, 0.717) is 5.82 Å². The molecule has 3 rings (SSSR count). The summed E-state index contributed by atoms with van der Waals surface area (Å²) in [6, 6.07) is 1.43. The van der Waals surface area contributed by atoms with Gasteiger partial charge in [-0.3, -0.25) is 10.2 Å². The Labute approximate surface area is 124 Å². The van der Waals surface area contributed by atoms with E-state index in [0.717, 1.165) is 11.3 Å². The zero-order chi connectivity index (χ0) is 16.6. The zero-order valence-corrected chi connectivity index (χ0v) is 11.4. The van der Waals surface area contributed by atoms with Crippen LogP contribution >= 0.6 is 0 Å². The standard InChI is InChI=1S/C13H17N4O4/c1-7-3-8-5-17(13(19)14-12(8)16-15-7)11-4-9(18)10(21-11)6-20-2/h3-4,9-11,18H,5-6H2,1-2H3,(H,14,16,19)/t9-,10-,11?/m1/s1/i2TD/t2?,9-,10-,11?. The van der Waals surface area contributed by atoms with Gasteiger partial charge in [-0.05, 0) is 13.0 Å². The Kier molecular flexibility index (Phi) is 3.13. The molecule has 0 aromatic carbocycles. The van der Waals surface area contributed by atoms with Crippen LogP contribution in [-0.2, 0) is 16.0 Å². The maximum atomic E-state index is 12.2. The fraction of sp³-hybridized carbons (Fsp3) is 0.538. The predicted molar refractivity (Wildman–Crippen MR) is 72.2 cm³/mol. The van der Waals surface area contributed by atoms with Crippen LogP contribution in [0.25, 0.3) is 0 Å². The summed E-state index contributed by atoms with van der Waals surface area (Å²) < 4.78 is 24.4. The minimum atomic E-state index is -1.45. The number of aliphatic hydroxyl groups is 1. The minimum Gasteiger partial charge on any atom is -0.390 e. The SMILES string of the molecule is [2H]C([3H])OC[C@H]1OC(N2Cc3cc(C)nnc3NC2=O)[CH][C@H]1O. The third-order valence-corrected chi connectivity index (χ3v) is 3.45. The van der Waals surface area contributed by atoms with Gasteiger partial charge in [0.1, 0.15) is 12.3 Å². The second-order valence-electron chi connectivity index (χ2n) is 5.00. The number of aryl methyl sites for hydroxylation is 1. The van der Waals surface area contributed by atoms with Crippen molar-refractivity contribution >= 4 is 11.8 Å². The van der Waals surface area contributed by atoms with Gasteiger partial charge < -0.3 is 14.6 Å². The fourth-order valence-electron chi connectivity index (χ4n) is 2.41. The number of amides is 2. The lowest BCUT2D eigenvalue weighted by molar-refractivity contribution is -0.0698. The summed E-state index contributed by atoms with van der Waals surface area (Å²) in [5.41, 5.74) is 1.54. The lowest BCUT2D eigenvalue weighted by atomic mass is 10.1. The van der Waals surface area contributed by atoms with E-state index in [2.05, 4.69) is 15.5 Å². The number of carbonyl (C=O) groups is 1. The molecular weight excluding hydrogens is 276 g/mol. The first kappa shape index (κ1) is 11.8. The summed E-state index contributed by atoms with van der Waals surface area (Å²) in [7, 11) is -1.45. The number of hydrogen-bond donors (Lipinski definition) is 2. The van der Waals surface area contributed by atoms with Crippen molar-refractivity contribution in [2.45, 2.75) is 31.9 Å². The monoisotopic (exact) mass is 296 g/mol. The molecule has 1 fully saturated rings. The first-order chi connectivity index (χ1) is 10.9. The third-order valence-electron chi connectivity index (χ3n) is 3.45. The van der Waals surface area contributed by atoms with Gasteiger partial charge in [0.05, 0.1) is 27.7 Å². The van der Waals surface area contributed by atoms with Crippen molar-refractivity contribution in [3.63, 3.8) is 0 Å². The van der Waals surface area contributed by atoms with Gasteiger partial charge in [-0.2, -0.15) is 5.10 Å². The summed E-state index contributed by atoms with van der Waals surface area (Å²) in [4.78, 5) is 13.6. The van der Waals surface area contributed by atoms with Crippen LogP contribution in [0.3, 0.4) is 0 Å². The normalized spacial score (nSPS) is 31.2. The maximum absolute atomic E-state index is 12.2. The molecule has 0 aliphatic carbocycles. The van der Waals surface area contributed by atoms with E-state index in [1.807, 2.05) is 13.0 Å². The van der Waals surface area contributed by atoms with Crippen LogP contribution in [0.4, 0.5) is 10.6 Å². The molecule has 1 aromatic rings. The number of methoxy groups -OCH3 is 1. The lowest BCUT2D eigenvalue weighted by Crippen LogP contribution is -2.46. The molecule has 3 heterocycles. The van der Waals surface area contributed by atoms with Gasteiger partial charge in [-0.25, -0.2) is 4.79 Å². The molecule has 1 radical (unpaired) electrons. The van der Waals surface area contributed by atoms with Gasteiger partial charge in [0.15, 0.2) is 5.82 Å². The minimum absolute atomic E-state index is 0.0948. The van der Waals surface area contributed by atoms with Crippen molar-refractivity contribution in [2.75, 3.05) is 19.0 Å². The average molecular weight is 296 g/mol. The molecule has 1 saturated heterocycles. The van der Waals surface area contributed by atoms with Crippen molar-refractivity contribution in [2.24, 2.45) is 0 Å². The molecule has 2 aliphatic rings. The number of ether oxygens (including phenoxy) is 2. The summed E-state index contributed by atoms with van der Waals surface area (Å²) in [5, 5.41) is 20.4. The molecule has 8 heteroatoms. The second-order valence-corrected chi connectivity index (χ2v) is 5.00. The highest BCUT2D eigenvalue weighted by molar-refractivity contribution is 5.91. The molecule has 1 aromatic heterocycles. The first-order valence-corrected chi connectivity index (χ1v) is 6.49. The highest BCUT2D eigenvalue weighted by Crippen LogP contribution is 2.28. The summed E-state index contributed by atoms with van der Waals surface area (Å²) in [6.07, 6.45) is -0.895. The van der Waals surface area contributed by atoms with Crippen molar-refractivity contribution in [3.8, 4) is 0 Å². The molecular formula is C13H17N4O4. The first-order valence-electron chi connectivity index (χ1n) is 7.65. The number of hydrogen-bond acceptors (Lipinski definition) is 6. The van der Waals surface area contributed by atoms with E-state index in [1.54, 1.807) is 0 Å². The van der Waals surface area contributed by atoms with Crippen molar-refractivity contribution in [1.82, 2.24) is 15.1 Å². The van der Waals surface area contributed by atoms with Crippen LogP contribution in [0.2, 0.25) is 0 Å². The highest BCUT2D eigenvalue weighted by atomic mass is 16.6. The Hall–Kier alpha value is -1.77. The quantitative estimate of drug-likeness (QED) is 0.819. The van der Waals surface area contributed by atoms with E-state index in [1.165, 1.54) is 11.3 Å². The molecule has 21 heavy (non-hydrogen) atoms. The summed E-state index contributed by atoms with van der Waals surface area (Å²) >= 11 is 0. The van der Waals surface area contributed by atoms with Gasteiger partial charge in [-0.1, -0.05) is 0 Å². The van der Waals surface area contributed by atoms with Crippen molar-refractivity contribution < 1.29 is 22.1 Å². The van der Waals surface area contributed by atoms with Crippen LogP contribution in [-0.4, -0.2) is 58.3 Å². The van der Waals surface area contributed by atoms with E-state index >= 15 is 0 Å². The molecule has 2 unspecified atom stereocenters. The van der Waals surface area contributed by atoms with Crippen LogP contribution in [0, 0.1) is 13.3 Å². The molecule has 2 N–H and O–H groups in total. The highest BCUT2D eigenvalue weighted by Gasteiger charge is 2.41. The van der Waals surface area contributed by atoms with Crippen molar-refractivity contribution in [3.05, 3.63) is 23.7 Å². The topological polar surface area (TPSA) is 96.8 Å². The number of rotatable bonds is 3. The van der Waals surface area contributed by atoms with Gasteiger partial charge in [-0.15, -0.1) is 5.10 Å². The number of aromatic nitrogens is 2. The Balaban J connectivity index is 1.69. The predicted octanol–water partition coefficient (Wildman–Crippen LogP) is 0.0690. The number of nitrogens with zero attached hydrogens (tertiary/aromatic N) is 3. The molecule has 0 spiro atoms. The fourth-order valence-corrected chi connectivity index (χ4v) is 2.41. The van der Waals surface area contributed by atoms with E-state index in [9.17, 15) is 9.90 Å². The average Bonchev–Trinajstić information content (AvgIpc) is 2.85. The summed E-state index contributed by atoms with van der Waals surface area (Å²) in [6.45, 7) is 1.99. The number of nitrogens with one attached hydrogen (secondary N) is 1. The van der Waals surface area contributed by atoms with Crippen molar-refractivity contribution in [1.29, 1.82) is 0 Å². The van der Waals surface area contributed by atoms with Gasteiger partial charge in [0.2, 0.25) is 0 Å². The number of fused-ring (bicyclic) bond motifs is 1. The van der Waals surface area contributed by atoms with Crippen LogP contribution in [0.15, 0.2) is 6.07 Å². The largest absolute Gasteiger partial charge is 0.390 e. The second kappa shape index (κ2) is 5.55. The van der Waals surface area contributed by atoms with E-state index in [-0.39, 0.29) is 13.2 Å². The molecule has 2 amide bonds. The Bertz CT molecular complexity index is 603. The zero-order valence-electron chi connectivity index (χ0n) is 13.4. The Morgan fingerprint density at radius 1 is 1.76 bits per heavy atom. The van der Waals surface area contributed by atoms with Gasteiger partial charge in [0.25, 0.3) is 0 Å². The maximum Gasteiger partial charge on any atom is 0.325 e. The van der Waals surface area contributed by atoms with Gasteiger partial charge in [0, 0.05) is 19.0 Å². The van der Waals surface area contributed by atoms with Crippen LogP contribution < -0.4 is 5.32 Å². The molecule has 4 atom stereocenters. The summed E-state index contributed by atoms with van der Waals surface area (Å²) in [5.74, 6) is 0.418. The number of urea groups is 1. The molecule has 0 bridgehead atoms. The number of carbonyl (C=O) groups excluding carboxylic acids is 1. The van der Waals surface area contributed by atoms with Crippen LogP contribution in [0.1, 0.15) is 14.0 Å². The van der Waals surface area contributed by atoms with Crippen LogP contribution in [0.5, 0.6) is 0 Å². The Morgan fingerprint density at radius 3 is 3.43 bits per heavy atom. The third kappa shape index (κ3) is 2.69. The Morgan fingerprint density at radius 2 is 2.62 bits per heavy atom. The van der Waals surface area contributed by atoms with E-state index in [4.69, 9.17) is 12.2 Å². The molecule has 0 saturated carbocycles. The number of anilines is 1. The molecule has 2 aliphatic heterocycles. The molecule has 8 nitrogen and oxygen atoms in total. The number of aliphatic hydroxyl groups excluding tert-OH is 1. The smallest absolute Gasteiger partial charge is 0.325 e. The van der Waals surface area contributed by atoms with E-state index < -0.39 is 31.5 Å². The lowest BCUT2D eigenvalue weighted by Gasteiger charge is -2.32.